The zero-order valence-electron chi connectivity index (χ0n) is 20.5. The van der Waals surface area contributed by atoms with Crippen LogP contribution >= 0.6 is 0 Å². The molecule has 186 valence electrons. The maximum Gasteiger partial charge on any atom is 0.484 e. The molecule has 5 atom stereocenters. The Kier molecular flexibility index (Phi) is 9.19. The lowest BCUT2D eigenvalue weighted by molar-refractivity contribution is 0.0308. The number of hydrogen-bond acceptors (Lipinski definition) is 10. The molecule has 3 fully saturated rings. The van der Waals surface area contributed by atoms with Gasteiger partial charge in [-0.05, 0) is 12.1 Å². The molecule has 0 aromatic rings. The van der Waals surface area contributed by atoms with Crippen LogP contribution in [-0.4, -0.2) is 69.7 Å². The van der Waals surface area contributed by atoms with E-state index in [1.165, 1.54) is 0 Å². The minimum absolute atomic E-state index is 0.546. The highest BCUT2D eigenvalue weighted by Crippen LogP contribution is 2.44. The van der Waals surface area contributed by atoms with Crippen molar-refractivity contribution < 1.29 is 41.5 Å². The van der Waals surface area contributed by atoms with Crippen molar-refractivity contribution in [3.63, 3.8) is 0 Å². The van der Waals surface area contributed by atoms with E-state index in [0.29, 0.717) is 42.3 Å². The molecule has 0 aromatic carbocycles. The molecule has 3 aliphatic heterocycles. The second kappa shape index (κ2) is 10.6. The largest absolute Gasteiger partial charge is 0.484 e. The van der Waals surface area contributed by atoms with E-state index in [2.05, 4.69) is 13.8 Å². The fraction of sp³-hybridized carbons (Fsp3) is 1.00. The molecule has 0 spiro atoms. The van der Waals surface area contributed by atoms with Gasteiger partial charge in [0, 0.05) is 37.3 Å². The van der Waals surface area contributed by atoms with Crippen LogP contribution in [0.1, 0.15) is 48.5 Å². The minimum Gasteiger partial charge on any atom is -0.393 e. The monoisotopic (exact) mass is 574 g/mol. The van der Waals surface area contributed by atoms with Gasteiger partial charge in [-0.25, -0.2) is 0 Å². The van der Waals surface area contributed by atoms with E-state index in [0.717, 1.165) is 0 Å². The summed E-state index contributed by atoms with van der Waals surface area (Å²) in [4.78, 5) is 0. The van der Waals surface area contributed by atoms with Crippen LogP contribution in [0.2, 0.25) is 42.3 Å². The van der Waals surface area contributed by atoms with Gasteiger partial charge in [0.1, 0.15) is 0 Å². The minimum atomic E-state index is -3.33. The van der Waals surface area contributed by atoms with Crippen LogP contribution in [0.3, 0.4) is 0 Å². The molecular weight excluding hydrogens is 537 g/mol. The molecule has 0 amide bonds. The fourth-order valence-electron chi connectivity index (χ4n) is 3.72. The van der Waals surface area contributed by atoms with Gasteiger partial charge in [0.25, 0.3) is 0 Å². The Morgan fingerprint density at radius 1 is 0.500 bits per heavy atom. The Morgan fingerprint density at radius 2 is 0.875 bits per heavy atom. The smallest absolute Gasteiger partial charge is 0.393 e. The van der Waals surface area contributed by atoms with Crippen LogP contribution in [0.25, 0.3) is 0 Å². The van der Waals surface area contributed by atoms with Crippen LogP contribution in [-0.2, 0) is 41.5 Å². The second-order valence-electron chi connectivity index (χ2n) is 7.76. The molecule has 32 heavy (non-hydrogen) atoms. The van der Waals surface area contributed by atoms with Crippen LogP contribution in [0.15, 0.2) is 0 Å². The predicted octanol–water partition coefficient (Wildman–Crippen LogP) is 3.63. The highest BCUT2D eigenvalue weighted by molar-refractivity contribution is 6.96. The van der Waals surface area contributed by atoms with Crippen molar-refractivity contribution in [1.29, 1.82) is 0 Å². The second-order valence-corrected chi connectivity index (χ2v) is 28.8. The zero-order chi connectivity index (χ0) is 23.7. The number of rotatable bonds is 8. The average molecular weight is 575 g/mol. The van der Waals surface area contributed by atoms with Gasteiger partial charge in [0.15, 0.2) is 0 Å². The summed E-state index contributed by atoms with van der Waals surface area (Å²) in [5.41, 5.74) is 0. The van der Waals surface area contributed by atoms with Crippen LogP contribution < -0.4 is 0 Å². The van der Waals surface area contributed by atoms with E-state index < -0.39 is 62.6 Å². The average Bonchev–Trinajstić information content (AvgIpc) is 2.81. The third-order valence-electron chi connectivity index (χ3n) is 5.69. The summed E-state index contributed by atoms with van der Waals surface area (Å²) in [6.07, 6.45) is 0. The Labute approximate surface area is 201 Å². The van der Waals surface area contributed by atoms with Gasteiger partial charge in [-0.2, -0.15) is 0 Å². The Bertz CT molecular complexity index is 646. The van der Waals surface area contributed by atoms with Gasteiger partial charge in [0.2, 0.25) is 0 Å². The molecule has 3 aliphatic rings. The molecule has 3 rings (SSSR count). The Morgan fingerprint density at radius 3 is 1.22 bits per heavy atom. The quantitative estimate of drug-likeness (QED) is 0.400. The van der Waals surface area contributed by atoms with Crippen molar-refractivity contribution in [1.82, 2.24) is 0 Å². The lowest BCUT2D eigenvalue weighted by Gasteiger charge is -2.55. The number of hydrogen-bond donors (Lipinski definition) is 0. The van der Waals surface area contributed by atoms with E-state index in [9.17, 15) is 0 Å². The Hall–Kier alpha value is 1.12. The first-order valence-electron chi connectivity index (χ1n) is 11.7. The van der Waals surface area contributed by atoms with E-state index >= 15 is 0 Å². The molecule has 0 aliphatic carbocycles. The lowest BCUT2D eigenvalue weighted by Crippen LogP contribution is -2.80. The van der Waals surface area contributed by atoms with Gasteiger partial charge in [-0.1, -0.05) is 48.5 Å². The third-order valence-corrected chi connectivity index (χ3v) is 32.9. The van der Waals surface area contributed by atoms with Crippen molar-refractivity contribution in [3.05, 3.63) is 0 Å². The van der Waals surface area contributed by atoms with Crippen LogP contribution in [0, 0.1) is 0 Å². The molecule has 2 radical (unpaired) electrons. The molecule has 0 aromatic heterocycles. The zero-order valence-corrected chi connectivity index (χ0v) is 27.5. The van der Waals surface area contributed by atoms with E-state index in [1.54, 1.807) is 7.11 Å². The molecule has 4 bridgehead atoms. The van der Waals surface area contributed by atoms with Gasteiger partial charge in [-0.3, -0.25) is 0 Å². The van der Waals surface area contributed by atoms with Crippen molar-refractivity contribution in [2.45, 2.75) is 90.8 Å². The van der Waals surface area contributed by atoms with Crippen LogP contribution in [0.5, 0.6) is 0 Å². The highest BCUT2D eigenvalue weighted by Gasteiger charge is 2.72. The van der Waals surface area contributed by atoms with Crippen LogP contribution in [0.4, 0.5) is 0 Å². The molecule has 5 unspecified atom stereocenters. The van der Waals surface area contributed by atoms with E-state index in [1.807, 2.05) is 34.6 Å². The molecule has 0 N–H and O–H groups in total. The third kappa shape index (κ3) is 5.28. The molecule has 0 saturated carbocycles. The first kappa shape index (κ1) is 27.7. The summed E-state index contributed by atoms with van der Waals surface area (Å²) in [5, 5.41) is 0. The maximum absolute atomic E-state index is 6.89. The molecule has 10 nitrogen and oxygen atoms in total. The van der Waals surface area contributed by atoms with Gasteiger partial charge in [-0.15, -0.1) is 0 Å². The number of fused-ring (bicyclic) bond motifs is 3. The highest BCUT2D eigenvalue weighted by atomic mass is 28.6. The normalized spacial score (nSPS) is 43.9. The molecule has 17 heteroatoms. The van der Waals surface area contributed by atoms with Gasteiger partial charge >= 0.3 is 62.6 Å². The molecule has 3 saturated heterocycles. The van der Waals surface area contributed by atoms with E-state index in [4.69, 9.17) is 41.5 Å². The predicted molar refractivity (Wildman–Crippen MR) is 130 cm³/mol. The van der Waals surface area contributed by atoms with Crippen molar-refractivity contribution >= 4 is 62.6 Å². The summed E-state index contributed by atoms with van der Waals surface area (Å²) >= 11 is 0. The Balaban J connectivity index is 2.24. The summed E-state index contributed by atoms with van der Waals surface area (Å²) in [6, 6.07) is 4.28. The van der Waals surface area contributed by atoms with Crippen molar-refractivity contribution in [2.75, 3.05) is 7.11 Å². The SMILES string of the molecule is CC[Si]1O[Si](CC)(OC)O[Si]2(CC)O[Si](CC)O[Si]3(CC)O[Si](CC)(O1)O[Si](CC)(O2)O3. The summed E-state index contributed by atoms with van der Waals surface area (Å²) < 4.78 is 66.4. The first-order valence-corrected chi connectivity index (χ1v) is 24.4. The molecule has 3 heterocycles. The lowest BCUT2D eigenvalue weighted by atomic mass is 11.0. The van der Waals surface area contributed by atoms with Crippen molar-refractivity contribution in [3.8, 4) is 0 Å². The summed E-state index contributed by atoms with van der Waals surface area (Å²) in [5.74, 6) is 0. The maximum atomic E-state index is 6.89. The molecular formula is C15H38O10Si7. The summed E-state index contributed by atoms with van der Waals surface area (Å²) in [7, 11) is -18.1. The van der Waals surface area contributed by atoms with Gasteiger partial charge in [0.05, 0.1) is 0 Å². The van der Waals surface area contributed by atoms with Crippen molar-refractivity contribution in [2.24, 2.45) is 0 Å². The van der Waals surface area contributed by atoms with E-state index in [-0.39, 0.29) is 0 Å². The first-order chi connectivity index (χ1) is 15.2. The van der Waals surface area contributed by atoms with Gasteiger partial charge < -0.3 is 41.5 Å². The summed E-state index contributed by atoms with van der Waals surface area (Å²) in [6.45, 7) is 14.2. The standard InChI is InChI=1S/C15H38O10Si7/c1-9-26-17-28(11-3,16-8)21-29(12-4)19-27(10-2)20-31(14-6)22-30(13-5,18-26)24-32(15-7,23-29)25-31/h9-15H2,1-8H3. The fourth-order valence-corrected chi connectivity index (χ4v) is 38.2. The topological polar surface area (TPSA) is 92.3 Å².